The molecule has 1 aliphatic heterocycles. The summed E-state index contributed by atoms with van der Waals surface area (Å²) in [5, 5.41) is 2.90. The van der Waals surface area contributed by atoms with E-state index in [9.17, 15) is 19.2 Å². The predicted octanol–water partition coefficient (Wildman–Crippen LogP) is 4.04. The number of ether oxygens (including phenoxy) is 2. The largest absolute Gasteiger partial charge is 0.497 e. The number of carbonyl (C=O) groups excluding carboxylic acids is 4. The third-order valence-electron chi connectivity index (χ3n) is 6.92. The van der Waals surface area contributed by atoms with Gasteiger partial charge >= 0.3 is 0 Å². The number of amides is 3. The summed E-state index contributed by atoms with van der Waals surface area (Å²) in [6.45, 7) is -0.429. The molecule has 212 valence electrons. The number of hydrogen-bond acceptors (Lipinski definition) is 7. The van der Waals surface area contributed by atoms with Crippen molar-refractivity contribution in [2.45, 2.75) is 12.6 Å². The first-order chi connectivity index (χ1) is 20.4. The van der Waals surface area contributed by atoms with Crippen LogP contribution in [-0.2, 0) is 20.9 Å². The van der Waals surface area contributed by atoms with Crippen LogP contribution >= 0.6 is 0 Å². The van der Waals surface area contributed by atoms with Gasteiger partial charge in [-0.3, -0.25) is 29.1 Å². The first kappa shape index (κ1) is 28.0. The third kappa shape index (κ3) is 5.83. The van der Waals surface area contributed by atoms with Crippen LogP contribution in [0.15, 0.2) is 97.3 Å². The molecule has 0 bridgehead atoms. The molecular weight excluding hydrogens is 536 g/mol. The Morgan fingerprint density at radius 3 is 2.19 bits per heavy atom. The first-order valence-corrected chi connectivity index (χ1v) is 13.1. The molecular formula is C32H28N4O6. The Bertz CT molecular complexity index is 1610. The van der Waals surface area contributed by atoms with Gasteiger partial charge in [-0.05, 0) is 65.7 Å². The van der Waals surface area contributed by atoms with Crippen molar-refractivity contribution in [2.24, 2.45) is 0 Å². The van der Waals surface area contributed by atoms with Crippen molar-refractivity contribution in [3.63, 3.8) is 0 Å². The second-order valence-corrected chi connectivity index (χ2v) is 9.51. The zero-order valence-corrected chi connectivity index (χ0v) is 23.0. The van der Waals surface area contributed by atoms with Crippen molar-refractivity contribution in [3.8, 4) is 11.5 Å². The number of methoxy groups -OCH3 is 2. The number of hydrogen-bond donors (Lipinski definition) is 1. The fraction of sp³-hybridized carbons (Fsp3) is 0.156. The molecule has 0 spiro atoms. The maximum absolute atomic E-state index is 14.1. The summed E-state index contributed by atoms with van der Waals surface area (Å²) < 4.78 is 10.5. The minimum absolute atomic E-state index is 0.0109. The van der Waals surface area contributed by atoms with Crippen LogP contribution in [0.3, 0.4) is 0 Å². The predicted molar refractivity (Wildman–Crippen MR) is 155 cm³/mol. The lowest BCUT2D eigenvalue weighted by Gasteiger charge is -2.33. The molecule has 0 saturated heterocycles. The van der Waals surface area contributed by atoms with Gasteiger partial charge in [0.05, 0.1) is 25.5 Å². The summed E-state index contributed by atoms with van der Waals surface area (Å²) >= 11 is 0. The van der Waals surface area contributed by atoms with Crippen molar-refractivity contribution >= 4 is 34.9 Å². The van der Waals surface area contributed by atoms with E-state index in [1.54, 1.807) is 104 Å². The lowest BCUT2D eigenvalue weighted by molar-refractivity contribution is -0.139. The third-order valence-corrected chi connectivity index (χ3v) is 6.92. The zero-order chi connectivity index (χ0) is 29.6. The van der Waals surface area contributed by atoms with E-state index in [1.165, 1.54) is 12.0 Å². The molecule has 4 aromatic rings. The van der Waals surface area contributed by atoms with Crippen molar-refractivity contribution < 1.29 is 28.7 Å². The molecule has 0 aliphatic carbocycles. The van der Waals surface area contributed by atoms with Gasteiger partial charge in [-0.1, -0.05) is 30.3 Å². The molecule has 10 heteroatoms. The molecule has 1 aliphatic rings. The number of benzene rings is 3. The molecule has 3 amide bonds. The summed E-state index contributed by atoms with van der Waals surface area (Å²) in [5.74, 6) is -1.29. The second kappa shape index (κ2) is 12.3. The Kier molecular flexibility index (Phi) is 8.24. The van der Waals surface area contributed by atoms with Gasteiger partial charge in [0, 0.05) is 24.6 Å². The SMILES string of the molecule is COc1ccc(NC(=O)[C@@H](c2ccc(OC)cc2)N(Cc2cccnc2)C(=O)CN2C(=O)C(=O)c3ccccc32)cc1. The molecule has 3 aromatic carbocycles. The van der Waals surface area contributed by atoms with Gasteiger partial charge in [0.25, 0.3) is 17.6 Å². The van der Waals surface area contributed by atoms with Gasteiger partial charge in [0.15, 0.2) is 0 Å². The van der Waals surface area contributed by atoms with Crippen LogP contribution in [0, 0.1) is 0 Å². The molecule has 1 aromatic heterocycles. The number of anilines is 2. The molecule has 0 saturated carbocycles. The highest BCUT2D eigenvalue weighted by molar-refractivity contribution is 6.52. The minimum Gasteiger partial charge on any atom is -0.497 e. The highest BCUT2D eigenvalue weighted by Crippen LogP contribution is 2.31. The van der Waals surface area contributed by atoms with Gasteiger partial charge < -0.3 is 19.7 Å². The number of rotatable bonds is 10. The van der Waals surface area contributed by atoms with Crippen LogP contribution in [0.25, 0.3) is 0 Å². The summed E-state index contributed by atoms with van der Waals surface area (Å²) in [6, 6.07) is 22.6. The quantitative estimate of drug-likeness (QED) is 0.289. The van der Waals surface area contributed by atoms with E-state index in [4.69, 9.17) is 9.47 Å². The molecule has 0 unspecified atom stereocenters. The van der Waals surface area contributed by atoms with E-state index < -0.39 is 36.1 Å². The number of pyridine rings is 1. The number of carbonyl (C=O) groups is 4. The number of aromatic nitrogens is 1. The van der Waals surface area contributed by atoms with E-state index in [-0.39, 0.29) is 12.1 Å². The minimum atomic E-state index is -1.12. The molecule has 0 fully saturated rings. The van der Waals surface area contributed by atoms with Crippen LogP contribution < -0.4 is 19.7 Å². The van der Waals surface area contributed by atoms with Crippen LogP contribution in [-0.4, -0.2) is 54.2 Å². The van der Waals surface area contributed by atoms with Crippen molar-refractivity contribution in [1.29, 1.82) is 0 Å². The molecule has 1 atom stereocenters. The summed E-state index contributed by atoms with van der Waals surface area (Å²) in [4.78, 5) is 60.3. The maximum atomic E-state index is 14.1. The second-order valence-electron chi connectivity index (χ2n) is 9.51. The van der Waals surface area contributed by atoms with Crippen molar-refractivity contribution in [1.82, 2.24) is 9.88 Å². The molecule has 42 heavy (non-hydrogen) atoms. The smallest absolute Gasteiger partial charge is 0.299 e. The Morgan fingerprint density at radius 2 is 1.55 bits per heavy atom. The van der Waals surface area contributed by atoms with Crippen LogP contribution in [0.4, 0.5) is 11.4 Å². The number of Topliss-reactive ketones (excluding diaryl/α,β-unsaturated/α-hetero) is 1. The van der Waals surface area contributed by atoms with E-state index in [2.05, 4.69) is 10.3 Å². The fourth-order valence-corrected chi connectivity index (χ4v) is 4.79. The van der Waals surface area contributed by atoms with E-state index in [0.717, 1.165) is 4.90 Å². The normalized spacial score (nSPS) is 12.9. The average Bonchev–Trinajstić information content (AvgIpc) is 3.26. The number of nitrogens with one attached hydrogen (secondary N) is 1. The standard InChI is InChI=1S/C32H28N4O6/c1-41-24-13-9-22(10-14-24)29(31(39)34-23-11-15-25(42-2)16-12-23)36(19-21-6-5-17-33-18-21)28(37)20-35-27-8-4-3-7-26(27)30(38)32(35)40/h3-18,29H,19-20H2,1-2H3,(H,34,39)/t29-/m1/s1. The summed E-state index contributed by atoms with van der Waals surface area (Å²) in [5.41, 5.74) is 2.28. The first-order valence-electron chi connectivity index (χ1n) is 13.1. The monoisotopic (exact) mass is 564 g/mol. The molecule has 1 N–H and O–H groups in total. The molecule has 10 nitrogen and oxygen atoms in total. The van der Waals surface area contributed by atoms with Crippen molar-refractivity contribution in [3.05, 3.63) is 114 Å². The molecule has 0 radical (unpaired) electrons. The molecule has 2 heterocycles. The summed E-state index contributed by atoms with van der Waals surface area (Å²) in [7, 11) is 3.08. The number of para-hydroxylation sites is 1. The number of nitrogens with zero attached hydrogens (tertiary/aromatic N) is 3. The van der Waals surface area contributed by atoms with Gasteiger partial charge in [-0.2, -0.15) is 0 Å². The van der Waals surface area contributed by atoms with Gasteiger partial charge in [0.1, 0.15) is 24.1 Å². The van der Waals surface area contributed by atoms with Crippen molar-refractivity contribution in [2.75, 3.05) is 31.0 Å². The Labute approximate surface area is 242 Å². The van der Waals surface area contributed by atoms with Gasteiger partial charge in [-0.15, -0.1) is 0 Å². The van der Waals surface area contributed by atoms with Crippen LogP contribution in [0.5, 0.6) is 11.5 Å². The van der Waals surface area contributed by atoms with E-state index in [0.29, 0.717) is 34.0 Å². The van der Waals surface area contributed by atoms with Gasteiger partial charge in [-0.25, -0.2) is 0 Å². The van der Waals surface area contributed by atoms with E-state index >= 15 is 0 Å². The topological polar surface area (TPSA) is 118 Å². The highest BCUT2D eigenvalue weighted by Gasteiger charge is 2.39. The zero-order valence-electron chi connectivity index (χ0n) is 23.0. The fourth-order valence-electron chi connectivity index (χ4n) is 4.79. The Hall–Kier alpha value is -5.51. The lowest BCUT2D eigenvalue weighted by atomic mass is 10.0. The summed E-state index contributed by atoms with van der Waals surface area (Å²) in [6.07, 6.45) is 3.21. The Morgan fingerprint density at radius 1 is 0.881 bits per heavy atom. The number of fused-ring (bicyclic) bond motifs is 1. The molecule has 5 rings (SSSR count). The van der Waals surface area contributed by atoms with Gasteiger partial charge in [0.2, 0.25) is 5.91 Å². The maximum Gasteiger partial charge on any atom is 0.299 e. The number of ketones is 1. The highest BCUT2D eigenvalue weighted by atomic mass is 16.5. The lowest BCUT2D eigenvalue weighted by Crippen LogP contribution is -2.46. The van der Waals surface area contributed by atoms with Crippen LogP contribution in [0.1, 0.15) is 27.5 Å². The Balaban J connectivity index is 1.53. The average molecular weight is 565 g/mol. The van der Waals surface area contributed by atoms with Crippen LogP contribution in [0.2, 0.25) is 0 Å². The van der Waals surface area contributed by atoms with E-state index in [1.807, 2.05) is 0 Å².